The maximum Gasteiger partial charge on any atom is 0.252 e. The van der Waals surface area contributed by atoms with Crippen molar-refractivity contribution >= 4 is 22.6 Å². The van der Waals surface area contributed by atoms with Crippen molar-refractivity contribution in [3.05, 3.63) is 30.0 Å². The van der Waals surface area contributed by atoms with Crippen molar-refractivity contribution in [2.45, 2.75) is 25.8 Å². The second-order valence-electron chi connectivity index (χ2n) is 6.61. The molecule has 132 valence electrons. The number of benzene rings is 1. The summed E-state index contributed by atoms with van der Waals surface area (Å²) in [6, 6.07) is 5.12. The van der Waals surface area contributed by atoms with Crippen molar-refractivity contribution in [3.8, 4) is 11.6 Å². The number of carbonyl (C=O) groups is 2. The third kappa shape index (κ3) is 3.09. The van der Waals surface area contributed by atoms with E-state index in [1.807, 2.05) is 13.8 Å². The average molecular weight is 343 g/mol. The van der Waals surface area contributed by atoms with Gasteiger partial charge in [-0.1, -0.05) is 6.92 Å². The highest BCUT2D eigenvalue weighted by Gasteiger charge is 2.40. The summed E-state index contributed by atoms with van der Waals surface area (Å²) in [5.74, 6) is 0.407. The molecule has 0 unspecified atom stereocenters. The molecule has 1 saturated heterocycles. The molecule has 25 heavy (non-hydrogen) atoms. The van der Waals surface area contributed by atoms with Crippen LogP contribution in [-0.2, 0) is 4.79 Å². The molecule has 2 amide bonds. The summed E-state index contributed by atoms with van der Waals surface area (Å²) < 4.78 is 11.2. The molecule has 3 rings (SSSR count). The number of hydrogen-bond donors (Lipinski definition) is 2. The fraction of sp³-hybridized carbons (Fsp3) is 0.389. The van der Waals surface area contributed by atoms with Crippen LogP contribution >= 0.6 is 0 Å². The molecule has 2 heterocycles. The normalized spacial score (nSPS) is 22.7. The predicted octanol–water partition coefficient (Wildman–Crippen LogP) is 1.64. The number of primary amides is 1. The number of fused-ring (bicyclic) bond motifs is 1. The van der Waals surface area contributed by atoms with Gasteiger partial charge in [-0.05, 0) is 36.4 Å². The second-order valence-corrected chi connectivity index (χ2v) is 6.61. The van der Waals surface area contributed by atoms with E-state index in [9.17, 15) is 9.59 Å². The Morgan fingerprint density at radius 2 is 2.24 bits per heavy atom. The van der Waals surface area contributed by atoms with Crippen LogP contribution in [-0.4, -0.2) is 36.1 Å². The largest absolute Gasteiger partial charge is 0.496 e. The first kappa shape index (κ1) is 17.0. The number of carbonyl (C=O) groups excluding carboxylic acids is 2. The molecule has 1 aromatic carbocycles. The molecule has 1 aromatic heterocycles. The van der Waals surface area contributed by atoms with E-state index in [0.29, 0.717) is 35.6 Å². The lowest BCUT2D eigenvalue weighted by Crippen LogP contribution is -2.47. The number of nitrogens with zero attached hydrogens (tertiary/aromatic N) is 1. The molecule has 2 aromatic rings. The number of nitrogens with two attached hydrogens (primary N) is 1. The average Bonchev–Trinajstić information content (AvgIpc) is 2.83. The van der Waals surface area contributed by atoms with Gasteiger partial charge in [0.25, 0.3) is 5.91 Å². The van der Waals surface area contributed by atoms with Crippen molar-refractivity contribution in [1.29, 1.82) is 0 Å². The van der Waals surface area contributed by atoms with E-state index in [2.05, 4.69) is 10.3 Å². The van der Waals surface area contributed by atoms with Gasteiger partial charge in [0.05, 0.1) is 18.2 Å². The fourth-order valence-corrected chi connectivity index (χ4v) is 3.04. The van der Waals surface area contributed by atoms with Crippen molar-refractivity contribution < 1.29 is 19.1 Å². The van der Waals surface area contributed by atoms with Gasteiger partial charge in [-0.25, -0.2) is 4.98 Å². The lowest BCUT2D eigenvalue weighted by molar-refractivity contribution is -0.119. The quantitative estimate of drug-likeness (QED) is 0.859. The first-order valence-electron chi connectivity index (χ1n) is 8.04. The first-order chi connectivity index (χ1) is 11.8. The van der Waals surface area contributed by atoms with Gasteiger partial charge < -0.3 is 20.5 Å². The molecule has 1 aliphatic heterocycles. The minimum atomic E-state index is -0.562. The van der Waals surface area contributed by atoms with Gasteiger partial charge in [-0.15, -0.1) is 0 Å². The number of methoxy groups -OCH3 is 1. The molecular formula is C18H21N3O4. The molecule has 0 bridgehead atoms. The van der Waals surface area contributed by atoms with Gasteiger partial charge >= 0.3 is 0 Å². The zero-order valence-corrected chi connectivity index (χ0v) is 14.5. The summed E-state index contributed by atoms with van der Waals surface area (Å²) in [6.45, 7) is 4.27. The lowest BCUT2D eigenvalue weighted by Gasteiger charge is -2.28. The van der Waals surface area contributed by atoms with Gasteiger partial charge in [0, 0.05) is 18.0 Å². The number of rotatable bonds is 5. The second kappa shape index (κ2) is 6.23. The van der Waals surface area contributed by atoms with Crippen LogP contribution in [0.25, 0.3) is 10.8 Å². The van der Waals surface area contributed by atoms with E-state index >= 15 is 0 Å². The Hall–Kier alpha value is -2.83. The van der Waals surface area contributed by atoms with Crippen LogP contribution in [0, 0.1) is 5.92 Å². The molecule has 2 atom stereocenters. The summed E-state index contributed by atoms with van der Waals surface area (Å²) in [4.78, 5) is 27.5. The van der Waals surface area contributed by atoms with Gasteiger partial charge in [0.2, 0.25) is 11.8 Å². The Balaban J connectivity index is 1.94. The molecule has 0 radical (unpaired) electrons. The number of pyridine rings is 1. The topological polar surface area (TPSA) is 104 Å². The highest BCUT2D eigenvalue weighted by atomic mass is 16.5. The van der Waals surface area contributed by atoms with Crippen LogP contribution < -0.4 is 20.5 Å². The number of amides is 2. The third-order valence-electron chi connectivity index (χ3n) is 4.83. The van der Waals surface area contributed by atoms with Crippen molar-refractivity contribution in [1.82, 2.24) is 10.3 Å². The maximum atomic E-state index is 11.6. The minimum absolute atomic E-state index is 0.0252. The molecule has 1 fully saturated rings. The van der Waals surface area contributed by atoms with E-state index < -0.39 is 11.4 Å². The Labute approximate surface area is 145 Å². The van der Waals surface area contributed by atoms with E-state index in [4.69, 9.17) is 15.2 Å². The van der Waals surface area contributed by atoms with E-state index in [-0.39, 0.29) is 11.8 Å². The maximum absolute atomic E-state index is 11.6. The molecule has 7 heteroatoms. The molecule has 0 aliphatic carbocycles. The first-order valence-corrected chi connectivity index (χ1v) is 8.04. The Morgan fingerprint density at radius 1 is 1.48 bits per heavy atom. The smallest absolute Gasteiger partial charge is 0.252 e. The Bertz CT molecular complexity index is 852. The monoisotopic (exact) mass is 343 g/mol. The number of hydrogen-bond acceptors (Lipinski definition) is 5. The summed E-state index contributed by atoms with van der Waals surface area (Å²) in [5.41, 5.74) is 5.26. The van der Waals surface area contributed by atoms with Crippen LogP contribution in [0.5, 0.6) is 11.6 Å². The molecule has 7 nitrogen and oxygen atoms in total. The van der Waals surface area contributed by atoms with Crippen LogP contribution in [0.15, 0.2) is 24.4 Å². The van der Waals surface area contributed by atoms with Gasteiger partial charge in [0.15, 0.2) is 0 Å². The van der Waals surface area contributed by atoms with E-state index in [0.717, 1.165) is 5.39 Å². The number of nitrogens with one attached hydrogen (secondary N) is 1. The number of ether oxygens (including phenoxy) is 2. The molecule has 1 aliphatic rings. The zero-order valence-electron chi connectivity index (χ0n) is 14.5. The standard InChI is InChI=1S/C18H21N3O4/c1-10-6-15(22)21-18(10,2)9-25-17-12-8-14(24-3)13(16(19)23)7-11(12)4-5-20-17/h4-5,7-8,10H,6,9H2,1-3H3,(H2,19,23)(H,21,22)/t10-,18+/m0/s1. The highest BCUT2D eigenvalue weighted by Crippen LogP contribution is 2.32. The summed E-state index contributed by atoms with van der Waals surface area (Å²) in [6.07, 6.45) is 2.09. The predicted molar refractivity (Wildman–Crippen MR) is 92.6 cm³/mol. The van der Waals surface area contributed by atoms with Gasteiger partial charge in [0.1, 0.15) is 12.4 Å². The highest BCUT2D eigenvalue weighted by molar-refractivity contribution is 6.01. The van der Waals surface area contributed by atoms with E-state index in [1.54, 1.807) is 24.4 Å². The van der Waals surface area contributed by atoms with Crippen LogP contribution in [0.3, 0.4) is 0 Å². The summed E-state index contributed by atoms with van der Waals surface area (Å²) in [7, 11) is 1.47. The van der Waals surface area contributed by atoms with Crippen molar-refractivity contribution in [3.63, 3.8) is 0 Å². The van der Waals surface area contributed by atoms with Gasteiger partial charge in [-0.2, -0.15) is 0 Å². The molecule has 3 N–H and O–H groups in total. The Morgan fingerprint density at radius 3 is 2.84 bits per heavy atom. The van der Waals surface area contributed by atoms with E-state index in [1.165, 1.54) is 7.11 Å². The number of aromatic nitrogens is 1. The minimum Gasteiger partial charge on any atom is -0.496 e. The summed E-state index contributed by atoms with van der Waals surface area (Å²) >= 11 is 0. The zero-order chi connectivity index (χ0) is 18.2. The van der Waals surface area contributed by atoms with Crippen LogP contribution in [0.4, 0.5) is 0 Å². The van der Waals surface area contributed by atoms with Crippen LogP contribution in [0.1, 0.15) is 30.6 Å². The molecular weight excluding hydrogens is 322 g/mol. The summed E-state index contributed by atoms with van der Waals surface area (Å²) in [5, 5.41) is 4.45. The SMILES string of the molecule is COc1cc2c(OC[C@@]3(C)NC(=O)C[C@@H]3C)nccc2cc1C(N)=O. The van der Waals surface area contributed by atoms with Crippen molar-refractivity contribution in [2.24, 2.45) is 11.7 Å². The third-order valence-corrected chi connectivity index (χ3v) is 4.83. The Kier molecular flexibility index (Phi) is 4.24. The van der Waals surface area contributed by atoms with Crippen molar-refractivity contribution in [2.75, 3.05) is 13.7 Å². The van der Waals surface area contributed by atoms with Gasteiger partial charge in [-0.3, -0.25) is 9.59 Å². The molecule has 0 spiro atoms. The lowest BCUT2D eigenvalue weighted by atomic mass is 9.90. The molecule has 0 saturated carbocycles. The fourth-order valence-electron chi connectivity index (χ4n) is 3.04. The van der Waals surface area contributed by atoms with Crippen LogP contribution in [0.2, 0.25) is 0 Å².